The van der Waals surface area contributed by atoms with Gasteiger partial charge in [-0.05, 0) is 42.4 Å². The number of hydrogen-bond donors (Lipinski definition) is 4. The Balaban J connectivity index is 1.73. The van der Waals surface area contributed by atoms with E-state index in [4.69, 9.17) is 10.5 Å². The molecule has 3 atom stereocenters. The quantitative estimate of drug-likeness (QED) is 0.608. The number of aliphatic hydroxyl groups is 1. The average molecular weight is 380 g/mol. The summed E-state index contributed by atoms with van der Waals surface area (Å²) < 4.78 is 5.92. The predicted octanol–water partition coefficient (Wildman–Crippen LogP) is 2.68. The Morgan fingerprint density at radius 2 is 2.04 bits per heavy atom. The van der Waals surface area contributed by atoms with Gasteiger partial charge in [0, 0.05) is 16.8 Å². The average Bonchev–Trinajstić information content (AvgIpc) is 3.43. The summed E-state index contributed by atoms with van der Waals surface area (Å²) >= 11 is 0. The summed E-state index contributed by atoms with van der Waals surface area (Å²) in [4.78, 5) is 25.1. The van der Waals surface area contributed by atoms with Crippen molar-refractivity contribution in [2.24, 2.45) is 5.92 Å². The van der Waals surface area contributed by atoms with E-state index in [1.165, 1.54) is 25.0 Å². The molecule has 7 nitrogen and oxygen atoms in total. The van der Waals surface area contributed by atoms with Gasteiger partial charge in [-0.15, -0.1) is 0 Å². The highest BCUT2D eigenvalue weighted by molar-refractivity contribution is 6.14. The van der Waals surface area contributed by atoms with Crippen molar-refractivity contribution < 1.29 is 24.5 Å². The first-order valence-electron chi connectivity index (χ1n) is 9.30. The molecule has 28 heavy (non-hydrogen) atoms. The number of carbonyl (C=O) groups is 2. The van der Waals surface area contributed by atoms with Crippen LogP contribution in [0.15, 0.2) is 36.4 Å². The van der Waals surface area contributed by atoms with E-state index in [-0.39, 0.29) is 16.8 Å². The van der Waals surface area contributed by atoms with Crippen LogP contribution in [0, 0.1) is 5.92 Å². The molecule has 0 saturated heterocycles. The minimum atomic E-state index is -2.20. The smallest absolute Gasteiger partial charge is 0.405 e. The van der Waals surface area contributed by atoms with Crippen LogP contribution in [-0.4, -0.2) is 22.1 Å². The first-order valence-corrected chi connectivity index (χ1v) is 9.30. The van der Waals surface area contributed by atoms with E-state index in [9.17, 15) is 19.8 Å². The molecule has 3 aliphatic rings. The molecule has 0 spiro atoms. The minimum Gasteiger partial charge on any atom is -0.465 e. The third kappa shape index (κ3) is 1.91. The van der Waals surface area contributed by atoms with Crippen LogP contribution in [0.5, 0.6) is 5.75 Å². The van der Waals surface area contributed by atoms with Gasteiger partial charge in [-0.25, -0.2) is 4.79 Å². The Hall–Kier alpha value is -3.06. The third-order valence-corrected chi connectivity index (χ3v) is 6.35. The Bertz CT molecular complexity index is 1050. The molecule has 0 aromatic heterocycles. The number of rotatable bonds is 3. The number of ether oxygens (including phenoxy) is 1. The normalized spacial score (nSPS) is 28.1. The molecule has 7 heteroatoms. The molecule has 0 bridgehead atoms. The fraction of sp³-hybridized carbons (Fsp3) is 0.333. The van der Waals surface area contributed by atoms with Crippen molar-refractivity contribution in [1.29, 1.82) is 0 Å². The van der Waals surface area contributed by atoms with Gasteiger partial charge in [0.05, 0.1) is 5.56 Å². The van der Waals surface area contributed by atoms with Gasteiger partial charge in [0.15, 0.2) is 0 Å². The van der Waals surface area contributed by atoms with Crippen molar-refractivity contribution in [3.05, 3.63) is 58.7 Å². The molecule has 0 unspecified atom stereocenters. The number of carboxylic acid groups (broad SMARTS) is 1. The van der Waals surface area contributed by atoms with Crippen molar-refractivity contribution in [1.82, 2.24) is 5.32 Å². The lowest BCUT2D eigenvalue weighted by Gasteiger charge is -2.33. The highest BCUT2D eigenvalue weighted by Crippen LogP contribution is 2.59. The van der Waals surface area contributed by atoms with Crippen molar-refractivity contribution in [3.8, 4) is 5.75 Å². The van der Waals surface area contributed by atoms with E-state index < -0.39 is 23.2 Å². The van der Waals surface area contributed by atoms with Gasteiger partial charge in [0.1, 0.15) is 5.75 Å². The number of Topliss-reactive ketones (excluding diaryl/α,β-unsaturated/α-hetero) is 1. The van der Waals surface area contributed by atoms with Crippen molar-refractivity contribution in [2.75, 3.05) is 5.73 Å². The number of fused-ring (bicyclic) bond motifs is 5. The molecule has 5 N–H and O–H groups in total. The molecule has 1 fully saturated rings. The second-order valence-electron chi connectivity index (χ2n) is 7.91. The molecule has 1 heterocycles. The Kier molecular flexibility index (Phi) is 3.21. The van der Waals surface area contributed by atoms with Crippen LogP contribution in [0.1, 0.15) is 52.7 Å². The summed E-state index contributed by atoms with van der Waals surface area (Å²) in [6.45, 7) is 2.14. The Labute approximate surface area is 161 Å². The zero-order valence-corrected chi connectivity index (χ0v) is 15.2. The van der Waals surface area contributed by atoms with E-state index in [0.717, 1.165) is 5.56 Å². The zero-order chi connectivity index (χ0) is 19.8. The van der Waals surface area contributed by atoms with Crippen LogP contribution in [-0.2, 0) is 11.3 Å². The number of nitrogens with one attached hydrogen (secondary N) is 1. The Morgan fingerprint density at radius 3 is 2.71 bits per heavy atom. The summed E-state index contributed by atoms with van der Waals surface area (Å²) in [6, 6.07) is 10.0. The highest BCUT2D eigenvalue weighted by atomic mass is 16.6. The van der Waals surface area contributed by atoms with Gasteiger partial charge in [-0.2, -0.15) is 0 Å². The van der Waals surface area contributed by atoms with Crippen LogP contribution in [0.3, 0.4) is 0 Å². The molecule has 1 amide bonds. The summed E-state index contributed by atoms with van der Waals surface area (Å²) in [5.74, 6) is -1.56. The van der Waals surface area contributed by atoms with Crippen LogP contribution >= 0.6 is 0 Å². The minimum absolute atomic E-state index is 0.0832. The van der Waals surface area contributed by atoms with Gasteiger partial charge >= 0.3 is 6.09 Å². The maximum Gasteiger partial charge on any atom is 0.405 e. The number of nitrogens with two attached hydrogens (primary N) is 1. The summed E-state index contributed by atoms with van der Waals surface area (Å²) in [7, 11) is 0. The number of nitrogen functional groups attached to an aromatic ring is 1. The molecule has 2 aromatic rings. The van der Waals surface area contributed by atoms with E-state index in [2.05, 4.69) is 12.2 Å². The van der Waals surface area contributed by atoms with Crippen LogP contribution in [0.2, 0.25) is 0 Å². The number of carbonyl (C=O) groups excluding carboxylic acids is 1. The lowest BCUT2D eigenvalue weighted by molar-refractivity contribution is -0.169. The zero-order valence-electron chi connectivity index (χ0n) is 15.2. The van der Waals surface area contributed by atoms with E-state index in [1.54, 1.807) is 18.2 Å². The molecular weight excluding hydrogens is 360 g/mol. The third-order valence-electron chi connectivity index (χ3n) is 6.35. The fourth-order valence-corrected chi connectivity index (χ4v) is 4.70. The summed E-state index contributed by atoms with van der Waals surface area (Å²) in [5.41, 5.74) is 5.73. The standard InChI is InChI=1S/C21H20N2O5/c1-10(11-5-6-11)12-7-8-13-16(9-12)28-21(27)14-3-2-4-15(22)17(14)18(24)20(13,21)23-19(25)26/h2-4,7-11,23,27H,5-6,22H2,1H3,(H,25,26)/t10-,20-,21-/m1/s1. The molecule has 144 valence electrons. The lowest BCUT2D eigenvalue weighted by atomic mass is 9.82. The lowest BCUT2D eigenvalue weighted by Crippen LogP contribution is -2.59. The number of anilines is 1. The molecule has 2 aliphatic carbocycles. The second-order valence-corrected chi connectivity index (χ2v) is 7.91. The SMILES string of the molecule is C[C@@H](c1ccc2c(c1)O[C@]1(O)c3cccc(N)c3C(=O)[C@]21NC(=O)O)C1CC1. The number of benzene rings is 2. The van der Waals surface area contributed by atoms with Crippen LogP contribution in [0.4, 0.5) is 10.5 Å². The maximum atomic E-state index is 13.4. The van der Waals surface area contributed by atoms with Crippen molar-refractivity contribution >= 4 is 17.6 Å². The molecule has 5 rings (SSSR count). The largest absolute Gasteiger partial charge is 0.465 e. The molecule has 1 saturated carbocycles. The fourth-order valence-electron chi connectivity index (χ4n) is 4.70. The van der Waals surface area contributed by atoms with Crippen molar-refractivity contribution in [2.45, 2.75) is 37.0 Å². The number of amides is 1. The Morgan fingerprint density at radius 1 is 1.29 bits per heavy atom. The van der Waals surface area contributed by atoms with Gasteiger partial charge in [0.2, 0.25) is 11.3 Å². The van der Waals surface area contributed by atoms with E-state index in [1.807, 2.05) is 6.07 Å². The number of hydrogen-bond acceptors (Lipinski definition) is 5. The molecule has 1 aliphatic heterocycles. The van der Waals surface area contributed by atoms with E-state index >= 15 is 0 Å². The molecular formula is C21H20N2O5. The predicted molar refractivity (Wildman–Crippen MR) is 100 cm³/mol. The van der Waals surface area contributed by atoms with E-state index in [0.29, 0.717) is 23.1 Å². The van der Waals surface area contributed by atoms with Crippen LogP contribution in [0.25, 0.3) is 0 Å². The number of ketones is 1. The summed E-state index contributed by atoms with van der Waals surface area (Å²) in [6.07, 6.45) is 0.919. The first kappa shape index (κ1) is 17.1. The van der Waals surface area contributed by atoms with Gasteiger partial charge in [-0.3, -0.25) is 10.1 Å². The molecule has 0 radical (unpaired) electrons. The molecule has 2 aromatic carbocycles. The van der Waals surface area contributed by atoms with Crippen LogP contribution < -0.4 is 15.8 Å². The van der Waals surface area contributed by atoms with Crippen molar-refractivity contribution in [3.63, 3.8) is 0 Å². The van der Waals surface area contributed by atoms with Gasteiger partial charge < -0.3 is 20.7 Å². The maximum absolute atomic E-state index is 13.4. The van der Waals surface area contributed by atoms with Gasteiger partial charge in [0.25, 0.3) is 5.79 Å². The topological polar surface area (TPSA) is 122 Å². The first-order chi connectivity index (χ1) is 13.3. The monoisotopic (exact) mass is 380 g/mol. The second kappa shape index (κ2) is 5.26. The van der Waals surface area contributed by atoms with Gasteiger partial charge in [-0.1, -0.05) is 31.2 Å². The highest BCUT2D eigenvalue weighted by Gasteiger charge is 2.72. The summed E-state index contributed by atoms with van der Waals surface area (Å²) in [5, 5.41) is 23.3.